The zero-order valence-electron chi connectivity index (χ0n) is 16.7. The van der Waals surface area contributed by atoms with Gasteiger partial charge < -0.3 is 10.4 Å². The van der Waals surface area contributed by atoms with Gasteiger partial charge in [0.05, 0.1) is 5.56 Å². The third kappa shape index (κ3) is 6.48. The van der Waals surface area contributed by atoms with E-state index in [0.29, 0.717) is 5.56 Å². The number of hydrogen-bond donors (Lipinski definition) is 2. The van der Waals surface area contributed by atoms with Crippen LogP contribution < -0.4 is 5.32 Å². The molecule has 0 aromatic heterocycles. The van der Waals surface area contributed by atoms with Crippen LogP contribution in [-0.4, -0.2) is 40.6 Å². The van der Waals surface area contributed by atoms with E-state index in [9.17, 15) is 23.1 Å². The third-order valence-electron chi connectivity index (χ3n) is 5.07. The van der Waals surface area contributed by atoms with Gasteiger partial charge in [0.25, 0.3) is 0 Å². The molecule has 2 aromatic rings. The lowest BCUT2D eigenvalue weighted by molar-refractivity contribution is -0.137. The Bertz CT molecular complexity index is 833. The average Bonchev–Trinajstić information content (AvgIpc) is 2.71. The quantitative estimate of drug-likeness (QED) is 0.664. The maximum atomic E-state index is 12.6. The van der Waals surface area contributed by atoms with Crippen LogP contribution in [0.4, 0.5) is 13.2 Å². The summed E-state index contributed by atoms with van der Waals surface area (Å²) >= 11 is 1.70. The first kappa shape index (κ1) is 22.7. The van der Waals surface area contributed by atoms with Crippen molar-refractivity contribution < 1.29 is 23.1 Å². The first-order valence-electron chi connectivity index (χ1n) is 9.85. The van der Waals surface area contributed by atoms with Crippen molar-refractivity contribution in [2.45, 2.75) is 49.4 Å². The van der Waals surface area contributed by atoms with Gasteiger partial charge in [0.2, 0.25) is 5.91 Å². The zero-order valence-corrected chi connectivity index (χ0v) is 17.5. The number of carbonyl (C=O) groups is 1. The van der Waals surface area contributed by atoms with Gasteiger partial charge in [-0.1, -0.05) is 29.8 Å². The molecule has 8 heteroatoms. The number of piperidine rings is 1. The number of aliphatic hydroxyl groups excluding tert-OH is 1. The molecular weight excluding hydrogens is 413 g/mol. The van der Waals surface area contributed by atoms with Crippen molar-refractivity contribution in [2.24, 2.45) is 0 Å². The van der Waals surface area contributed by atoms with Gasteiger partial charge >= 0.3 is 6.18 Å². The van der Waals surface area contributed by atoms with Gasteiger partial charge in [-0.2, -0.15) is 13.2 Å². The van der Waals surface area contributed by atoms with E-state index in [1.165, 1.54) is 22.6 Å². The Hall–Kier alpha value is -2.03. The summed E-state index contributed by atoms with van der Waals surface area (Å²) in [5.74, 6) is -0.487. The highest BCUT2D eigenvalue weighted by Crippen LogP contribution is 2.29. The summed E-state index contributed by atoms with van der Waals surface area (Å²) in [6.45, 7) is 3.69. The molecule has 1 amide bonds. The Kier molecular flexibility index (Phi) is 7.44. The molecule has 1 unspecified atom stereocenters. The van der Waals surface area contributed by atoms with E-state index in [0.717, 1.165) is 38.1 Å². The van der Waals surface area contributed by atoms with Crippen molar-refractivity contribution in [3.8, 4) is 0 Å². The molecular formula is C22H25F3N2O2S. The summed E-state index contributed by atoms with van der Waals surface area (Å²) in [5.41, 5.74) is 0.950. The van der Waals surface area contributed by atoms with E-state index in [2.05, 4.69) is 40.8 Å². The molecule has 0 spiro atoms. The van der Waals surface area contributed by atoms with Crippen LogP contribution in [0.25, 0.3) is 0 Å². The maximum absolute atomic E-state index is 12.6. The summed E-state index contributed by atoms with van der Waals surface area (Å²) in [4.78, 5) is 13.5. The van der Waals surface area contributed by atoms with Crippen LogP contribution in [0.2, 0.25) is 0 Å². The Morgan fingerprint density at radius 3 is 2.30 bits per heavy atom. The molecule has 3 rings (SSSR count). The lowest BCUT2D eigenvalue weighted by atomic mass is 10.0. The minimum atomic E-state index is -4.40. The van der Waals surface area contributed by atoms with E-state index < -0.39 is 23.8 Å². The molecule has 4 nitrogen and oxygen atoms in total. The van der Waals surface area contributed by atoms with Crippen LogP contribution in [0.1, 0.15) is 29.5 Å². The number of halogens is 3. The molecule has 1 saturated heterocycles. The standard InChI is InChI=1S/C22H25F3N2O2S/c1-15-2-8-19(9-3-15)30-27-12-10-18(11-13-27)26-21(29)20(28)14-16-4-6-17(7-5-16)22(23,24)25/h2-9,18,20,28H,10-14H2,1H3,(H,26,29). The molecule has 1 aliphatic rings. The maximum Gasteiger partial charge on any atom is 0.416 e. The van der Waals surface area contributed by atoms with Crippen molar-refractivity contribution in [3.05, 3.63) is 65.2 Å². The molecule has 162 valence electrons. The number of alkyl halides is 3. The highest BCUT2D eigenvalue weighted by molar-refractivity contribution is 7.97. The molecule has 1 atom stereocenters. The number of carbonyl (C=O) groups excluding carboxylic acids is 1. The predicted molar refractivity (Wildman–Crippen MR) is 111 cm³/mol. The van der Waals surface area contributed by atoms with Gasteiger partial charge in [-0.05, 0) is 61.5 Å². The van der Waals surface area contributed by atoms with E-state index in [-0.39, 0.29) is 12.5 Å². The van der Waals surface area contributed by atoms with E-state index in [4.69, 9.17) is 0 Å². The first-order chi connectivity index (χ1) is 14.2. The summed E-state index contributed by atoms with van der Waals surface area (Å²) in [5, 5.41) is 13.0. The molecule has 0 aliphatic carbocycles. The molecule has 2 aromatic carbocycles. The summed E-state index contributed by atoms with van der Waals surface area (Å²) < 4.78 is 40.1. The van der Waals surface area contributed by atoms with Gasteiger partial charge in [0.15, 0.2) is 0 Å². The Balaban J connectivity index is 1.43. The van der Waals surface area contributed by atoms with Gasteiger partial charge in [0, 0.05) is 30.4 Å². The van der Waals surface area contributed by atoms with Gasteiger partial charge in [-0.3, -0.25) is 4.79 Å². The van der Waals surface area contributed by atoms with Gasteiger partial charge in [-0.25, -0.2) is 4.31 Å². The van der Waals surface area contributed by atoms with Crippen molar-refractivity contribution in [2.75, 3.05) is 13.1 Å². The smallest absolute Gasteiger partial charge is 0.383 e. The molecule has 0 saturated carbocycles. The molecule has 0 radical (unpaired) electrons. The summed E-state index contributed by atoms with van der Waals surface area (Å²) in [6.07, 6.45) is -4.16. The average molecular weight is 439 g/mol. The fourth-order valence-electron chi connectivity index (χ4n) is 3.28. The lowest BCUT2D eigenvalue weighted by Gasteiger charge is -2.31. The Morgan fingerprint density at radius 2 is 1.73 bits per heavy atom. The SMILES string of the molecule is Cc1ccc(SN2CCC(NC(=O)C(O)Cc3ccc(C(F)(F)F)cc3)CC2)cc1. The van der Waals surface area contributed by atoms with E-state index >= 15 is 0 Å². The van der Waals surface area contributed by atoms with Crippen LogP contribution >= 0.6 is 11.9 Å². The molecule has 1 heterocycles. The molecule has 1 fully saturated rings. The van der Waals surface area contributed by atoms with Crippen LogP contribution in [0, 0.1) is 6.92 Å². The second-order valence-corrected chi connectivity index (χ2v) is 8.70. The molecule has 2 N–H and O–H groups in total. The summed E-state index contributed by atoms with van der Waals surface area (Å²) in [6, 6.07) is 12.8. The van der Waals surface area contributed by atoms with Crippen molar-refractivity contribution in [1.82, 2.24) is 9.62 Å². The van der Waals surface area contributed by atoms with Crippen LogP contribution in [-0.2, 0) is 17.4 Å². The number of aliphatic hydroxyl groups is 1. The second kappa shape index (κ2) is 9.85. The zero-order chi connectivity index (χ0) is 21.7. The first-order valence-corrected chi connectivity index (χ1v) is 10.6. The van der Waals surface area contributed by atoms with Crippen molar-refractivity contribution in [3.63, 3.8) is 0 Å². The fourth-order valence-corrected chi connectivity index (χ4v) is 4.23. The number of nitrogens with zero attached hydrogens (tertiary/aromatic N) is 1. The van der Waals surface area contributed by atoms with Crippen molar-refractivity contribution in [1.29, 1.82) is 0 Å². The summed E-state index contributed by atoms with van der Waals surface area (Å²) in [7, 11) is 0. The minimum Gasteiger partial charge on any atom is -0.383 e. The van der Waals surface area contributed by atoms with E-state index in [1.807, 2.05) is 0 Å². The topological polar surface area (TPSA) is 52.6 Å². The predicted octanol–water partition coefficient (Wildman–Crippen LogP) is 4.21. The van der Waals surface area contributed by atoms with Crippen LogP contribution in [0.15, 0.2) is 53.4 Å². The number of rotatable bonds is 6. The molecule has 0 bridgehead atoms. The Labute approximate surface area is 178 Å². The highest BCUT2D eigenvalue weighted by atomic mass is 32.2. The van der Waals surface area contributed by atoms with Gasteiger partial charge in [-0.15, -0.1) is 0 Å². The van der Waals surface area contributed by atoms with Gasteiger partial charge in [0.1, 0.15) is 6.10 Å². The number of nitrogens with one attached hydrogen (secondary N) is 1. The minimum absolute atomic E-state index is 0.0189. The van der Waals surface area contributed by atoms with Crippen molar-refractivity contribution >= 4 is 17.9 Å². The second-order valence-electron chi connectivity index (χ2n) is 7.53. The number of hydrogen-bond acceptors (Lipinski definition) is 4. The number of benzene rings is 2. The molecule has 30 heavy (non-hydrogen) atoms. The lowest BCUT2D eigenvalue weighted by Crippen LogP contribution is -2.46. The largest absolute Gasteiger partial charge is 0.416 e. The third-order valence-corrected chi connectivity index (χ3v) is 6.18. The normalized spacial score (nSPS) is 17.0. The fraction of sp³-hybridized carbons (Fsp3) is 0.409. The number of amides is 1. The number of aryl methyl sites for hydroxylation is 1. The monoisotopic (exact) mass is 438 g/mol. The molecule has 1 aliphatic heterocycles. The van der Waals surface area contributed by atoms with Crippen LogP contribution in [0.5, 0.6) is 0 Å². The van der Waals surface area contributed by atoms with E-state index in [1.54, 1.807) is 11.9 Å². The van der Waals surface area contributed by atoms with Crippen LogP contribution in [0.3, 0.4) is 0 Å². The Morgan fingerprint density at radius 1 is 1.13 bits per heavy atom. The highest BCUT2D eigenvalue weighted by Gasteiger charge is 2.30.